The number of rotatable bonds is 2. The Bertz CT molecular complexity index is 321. The first-order valence-electron chi connectivity index (χ1n) is 3.19. The van der Waals surface area contributed by atoms with Crippen molar-refractivity contribution in [2.45, 2.75) is 0 Å². The van der Waals surface area contributed by atoms with Gasteiger partial charge in [0.2, 0.25) is 0 Å². The maximum absolute atomic E-state index is 12.8. The van der Waals surface area contributed by atoms with Crippen LogP contribution in [0.5, 0.6) is 5.75 Å². The van der Waals surface area contributed by atoms with Gasteiger partial charge in [-0.15, -0.1) is 0 Å². The summed E-state index contributed by atoms with van der Waals surface area (Å²) in [5.41, 5.74) is 0. The van der Waals surface area contributed by atoms with Gasteiger partial charge in [0.25, 0.3) is 0 Å². The van der Waals surface area contributed by atoms with Crippen LogP contribution in [0.2, 0.25) is 0 Å². The second-order valence-electron chi connectivity index (χ2n) is 2.02. The van der Waals surface area contributed by atoms with Crippen LogP contribution in [0.4, 0.5) is 4.39 Å². The molecule has 1 aromatic rings. The molecule has 0 saturated carbocycles. The fourth-order valence-corrected chi connectivity index (χ4v) is 0.929. The van der Waals surface area contributed by atoms with Gasteiger partial charge in [-0.1, -0.05) is 0 Å². The Kier molecular flexibility index (Phi) is 3.06. The Morgan fingerprint density at radius 1 is 1.58 bits per heavy atom. The third kappa shape index (κ3) is 2.21. The second-order valence-corrected chi connectivity index (χ2v) is 2.88. The standard InChI is InChI=1S/C8H5BrFNO/c9-7-2-1-6(5-8(7)10)12-4-3-11/h1-2,5H,4H2. The maximum Gasteiger partial charge on any atom is 0.174 e. The summed E-state index contributed by atoms with van der Waals surface area (Å²) in [5, 5.41) is 8.17. The molecular weight excluding hydrogens is 225 g/mol. The van der Waals surface area contributed by atoms with Gasteiger partial charge in [-0.2, -0.15) is 5.26 Å². The molecule has 1 rings (SSSR count). The number of hydrogen-bond acceptors (Lipinski definition) is 2. The van der Waals surface area contributed by atoms with E-state index in [1.165, 1.54) is 12.1 Å². The molecule has 2 nitrogen and oxygen atoms in total. The van der Waals surface area contributed by atoms with Gasteiger partial charge in [-0.3, -0.25) is 0 Å². The molecule has 0 aromatic heterocycles. The SMILES string of the molecule is N#CCOc1ccc(Br)c(F)c1. The van der Waals surface area contributed by atoms with Crippen LogP contribution in [0.1, 0.15) is 0 Å². The molecule has 0 aliphatic heterocycles. The zero-order valence-corrected chi connectivity index (χ0v) is 7.64. The molecule has 0 heterocycles. The van der Waals surface area contributed by atoms with E-state index >= 15 is 0 Å². The minimum absolute atomic E-state index is 0.0684. The van der Waals surface area contributed by atoms with Gasteiger partial charge in [0, 0.05) is 6.07 Å². The minimum Gasteiger partial charge on any atom is -0.479 e. The van der Waals surface area contributed by atoms with Crippen molar-refractivity contribution in [3.63, 3.8) is 0 Å². The van der Waals surface area contributed by atoms with E-state index in [-0.39, 0.29) is 6.61 Å². The third-order valence-electron chi connectivity index (χ3n) is 1.19. The maximum atomic E-state index is 12.8. The quantitative estimate of drug-likeness (QED) is 0.781. The summed E-state index contributed by atoms with van der Waals surface area (Å²) in [6.07, 6.45) is 0. The average Bonchev–Trinajstić information content (AvgIpc) is 2.07. The Morgan fingerprint density at radius 2 is 2.33 bits per heavy atom. The van der Waals surface area contributed by atoms with E-state index in [1.807, 2.05) is 0 Å². The molecule has 4 heteroatoms. The molecule has 0 amide bonds. The molecule has 0 aliphatic rings. The number of benzene rings is 1. The van der Waals surface area contributed by atoms with E-state index in [0.29, 0.717) is 10.2 Å². The molecule has 0 fully saturated rings. The zero-order valence-electron chi connectivity index (χ0n) is 6.05. The Labute approximate surface area is 77.7 Å². The molecule has 0 atom stereocenters. The Balaban J connectivity index is 2.77. The van der Waals surface area contributed by atoms with Crippen molar-refractivity contribution in [3.8, 4) is 11.8 Å². The normalized spacial score (nSPS) is 9.08. The minimum atomic E-state index is -0.398. The van der Waals surface area contributed by atoms with E-state index in [4.69, 9.17) is 10.00 Å². The van der Waals surface area contributed by atoms with Crippen LogP contribution in [-0.2, 0) is 0 Å². The highest BCUT2D eigenvalue weighted by Crippen LogP contribution is 2.20. The van der Waals surface area contributed by atoms with Crippen molar-refractivity contribution in [2.24, 2.45) is 0 Å². The molecule has 0 saturated heterocycles. The van der Waals surface area contributed by atoms with E-state index < -0.39 is 5.82 Å². The van der Waals surface area contributed by atoms with Crippen LogP contribution in [0.3, 0.4) is 0 Å². The van der Waals surface area contributed by atoms with Crippen molar-refractivity contribution < 1.29 is 9.13 Å². The lowest BCUT2D eigenvalue weighted by molar-refractivity contribution is 0.365. The second kappa shape index (κ2) is 4.07. The average molecular weight is 230 g/mol. The van der Waals surface area contributed by atoms with Crippen LogP contribution in [0, 0.1) is 17.1 Å². The van der Waals surface area contributed by atoms with Gasteiger partial charge >= 0.3 is 0 Å². The topological polar surface area (TPSA) is 33.0 Å². The predicted molar refractivity (Wildman–Crippen MR) is 45.2 cm³/mol. The van der Waals surface area contributed by atoms with E-state index in [1.54, 1.807) is 12.1 Å². The number of nitriles is 1. The van der Waals surface area contributed by atoms with Crippen molar-refractivity contribution >= 4 is 15.9 Å². The third-order valence-corrected chi connectivity index (χ3v) is 1.84. The van der Waals surface area contributed by atoms with Gasteiger partial charge in [0.1, 0.15) is 17.6 Å². The van der Waals surface area contributed by atoms with E-state index in [2.05, 4.69) is 15.9 Å². The van der Waals surface area contributed by atoms with Gasteiger partial charge in [0.15, 0.2) is 6.61 Å². The van der Waals surface area contributed by atoms with Crippen LogP contribution in [-0.4, -0.2) is 6.61 Å². The van der Waals surface area contributed by atoms with Gasteiger partial charge in [-0.05, 0) is 28.1 Å². The summed E-state index contributed by atoms with van der Waals surface area (Å²) in [6.45, 7) is -0.0684. The van der Waals surface area contributed by atoms with Crippen LogP contribution >= 0.6 is 15.9 Å². The summed E-state index contributed by atoms with van der Waals surface area (Å²) in [5.74, 6) is -0.0392. The molecule has 0 unspecified atom stereocenters. The summed E-state index contributed by atoms with van der Waals surface area (Å²) in [7, 11) is 0. The van der Waals surface area contributed by atoms with Gasteiger partial charge in [-0.25, -0.2) is 4.39 Å². The zero-order chi connectivity index (χ0) is 8.97. The van der Waals surface area contributed by atoms with Crippen LogP contribution in [0.15, 0.2) is 22.7 Å². The van der Waals surface area contributed by atoms with E-state index in [0.717, 1.165) is 0 Å². The summed E-state index contributed by atoms with van der Waals surface area (Å²) < 4.78 is 18.0. The van der Waals surface area contributed by atoms with Crippen LogP contribution in [0.25, 0.3) is 0 Å². The molecule has 0 spiro atoms. The number of halogens is 2. The lowest BCUT2D eigenvalue weighted by Crippen LogP contribution is -1.93. The lowest BCUT2D eigenvalue weighted by Gasteiger charge is -2.01. The Hall–Kier alpha value is -1.08. The van der Waals surface area contributed by atoms with Crippen molar-refractivity contribution in [1.82, 2.24) is 0 Å². The monoisotopic (exact) mass is 229 g/mol. The smallest absolute Gasteiger partial charge is 0.174 e. The van der Waals surface area contributed by atoms with Crippen molar-refractivity contribution in [2.75, 3.05) is 6.61 Å². The highest BCUT2D eigenvalue weighted by atomic mass is 79.9. The summed E-state index contributed by atoms with van der Waals surface area (Å²) in [6, 6.07) is 6.14. The molecule has 12 heavy (non-hydrogen) atoms. The number of nitrogens with zero attached hydrogens (tertiary/aromatic N) is 1. The molecule has 0 bridgehead atoms. The first kappa shape index (κ1) is 9.01. The summed E-state index contributed by atoms with van der Waals surface area (Å²) >= 11 is 3.00. The predicted octanol–water partition coefficient (Wildman–Crippen LogP) is 2.49. The Morgan fingerprint density at radius 3 is 2.92 bits per heavy atom. The molecule has 62 valence electrons. The fourth-order valence-electron chi connectivity index (χ4n) is 0.682. The van der Waals surface area contributed by atoms with Crippen LogP contribution < -0.4 is 4.74 Å². The lowest BCUT2D eigenvalue weighted by atomic mass is 10.3. The fraction of sp³-hybridized carbons (Fsp3) is 0.125. The highest BCUT2D eigenvalue weighted by molar-refractivity contribution is 9.10. The molecule has 0 radical (unpaired) electrons. The van der Waals surface area contributed by atoms with Gasteiger partial charge in [0.05, 0.1) is 4.47 Å². The largest absolute Gasteiger partial charge is 0.479 e. The van der Waals surface area contributed by atoms with Crippen molar-refractivity contribution in [1.29, 1.82) is 5.26 Å². The first-order valence-corrected chi connectivity index (χ1v) is 3.98. The number of hydrogen-bond donors (Lipinski definition) is 0. The van der Waals surface area contributed by atoms with E-state index in [9.17, 15) is 4.39 Å². The number of ether oxygens (including phenoxy) is 1. The molecule has 0 N–H and O–H groups in total. The summed E-state index contributed by atoms with van der Waals surface area (Å²) in [4.78, 5) is 0. The van der Waals surface area contributed by atoms with Crippen molar-refractivity contribution in [3.05, 3.63) is 28.5 Å². The molecular formula is C8H5BrFNO. The van der Waals surface area contributed by atoms with Gasteiger partial charge < -0.3 is 4.74 Å². The highest BCUT2D eigenvalue weighted by Gasteiger charge is 2.00. The molecule has 0 aliphatic carbocycles. The first-order chi connectivity index (χ1) is 5.74. The molecule has 1 aromatic carbocycles.